The van der Waals surface area contributed by atoms with E-state index in [4.69, 9.17) is 32.7 Å². The molecular formula is C21H20Cl2N2O3. The zero-order chi connectivity index (χ0) is 20.1. The number of rotatable bonds is 7. The minimum Gasteiger partial charge on any atom is -0.493 e. The van der Waals surface area contributed by atoms with Crippen LogP contribution >= 0.6 is 23.2 Å². The zero-order valence-corrected chi connectivity index (χ0v) is 17.1. The van der Waals surface area contributed by atoms with Crippen LogP contribution in [0.15, 0.2) is 41.2 Å². The minimum absolute atomic E-state index is 0.281. The van der Waals surface area contributed by atoms with E-state index in [1.807, 2.05) is 18.2 Å². The van der Waals surface area contributed by atoms with Gasteiger partial charge in [-0.25, -0.2) is 4.98 Å². The summed E-state index contributed by atoms with van der Waals surface area (Å²) >= 11 is 12.4. The van der Waals surface area contributed by atoms with Crippen LogP contribution in [0.25, 0.3) is 22.0 Å². The summed E-state index contributed by atoms with van der Waals surface area (Å²) in [5, 5.41) is 1.19. The lowest BCUT2D eigenvalue weighted by Crippen LogP contribution is -2.10. The second-order valence-corrected chi connectivity index (χ2v) is 7.02. The van der Waals surface area contributed by atoms with E-state index >= 15 is 0 Å². The molecule has 2 aromatic carbocycles. The summed E-state index contributed by atoms with van der Waals surface area (Å²) in [7, 11) is 1.59. The van der Waals surface area contributed by atoms with Crippen molar-refractivity contribution < 1.29 is 9.47 Å². The first-order valence-electron chi connectivity index (χ1n) is 8.89. The highest BCUT2D eigenvalue weighted by Crippen LogP contribution is 2.30. The quantitative estimate of drug-likeness (QED) is 0.514. The summed E-state index contributed by atoms with van der Waals surface area (Å²) in [5.41, 5.74) is 1.02. The Kier molecular flexibility index (Phi) is 6.60. The predicted octanol–water partition coefficient (Wildman–Crippen LogP) is 5.50. The highest BCUT2D eigenvalue weighted by molar-refractivity contribution is 6.50. The topological polar surface area (TPSA) is 64.2 Å². The third-order valence-electron chi connectivity index (χ3n) is 4.13. The molecule has 0 aliphatic heterocycles. The van der Waals surface area contributed by atoms with Crippen molar-refractivity contribution in [3.8, 4) is 11.5 Å². The molecule has 146 valence electrons. The van der Waals surface area contributed by atoms with Crippen molar-refractivity contribution in [3.05, 3.63) is 63.2 Å². The van der Waals surface area contributed by atoms with Crippen LogP contribution in [0, 0.1) is 0 Å². The molecule has 3 rings (SSSR count). The third-order valence-corrected chi connectivity index (χ3v) is 4.65. The van der Waals surface area contributed by atoms with Crippen LogP contribution in [0.5, 0.6) is 11.5 Å². The average Bonchev–Trinajstić information content (AvgIpc) is 2.69. The highest BCUT2D eigenvalue weighted by Gasteiger charge is 2.09. The fraction of sp³-hybridized carbons (Fsp3) is 0.238. The molecule has 0 radical (unpaired) electrons. The van der Waals surface area contributed by atoms with Gasteiger partial charge in [0.15, 0.2) is 17.3 Å². The third kappa shape index (κ3) is 4.66. The van der Waals surface area contributed by atoms with E-state index in [-0.39, 0.29) is 11.4 Å². The Balaban J connectivity index is 1.91. The van der Waals surface area contributed by atoms with Crippen LogP contribution in [-0.2, 0) is 0 Å². The first kappa shape index (κ1) is 20.2. The Bertz CT molecular complexity index is 1080. The molecule has 1 N–H and O–H groups in total. The standard InChI is InChI=1S/C21H20Cl2N2O3/c1-3-4-9-28-18-8-5-13(11-19(18)27-2)10-16(23)20-24-17-7-6-14(22)12-15(17)21(26)25-20/h5-8,10-12H,3-4,9H2,1-2H3,(H,24,25,26)/b16-10-. The van der Waals surface area contributed by atoms with Crippen LogP contribution < -0.4 is 15.0 Å². The first-order chi connectivity index (χ1) is 13.5. The molecule has 0 atom stereocenters. The molecule has 0 spiro atoms. The Hall–Kier alpha value is -2.50. The van der Waals surface area contributed by atoms with E-state index < -0.39 is 0 Å². The van der Waals surface area contributed by atoms with Gasteiger partial charge in [0.25, 0.3) is 5.56 Å². The van der Waals surface area contributed by atoms with Gasteiger partial charge in [-0.2, -0.15) is 0 Å². The molecule has 0 saturated carbocycles. The molecule has 3 aromatic rings. The van der Waals surface area contributed by atoms with Crippen LogP contribution in [0.2, 0.25) is 5.02 Å². The van der Waals surface area contributed by atoms with Gasteiger partial charge in [-0.15, -0.1) is 0 Å². The van der Waals surface area contributed by atoms with E-state index in [9.17, 15) is 4.79 Å². The smallest absolute Gasteiger partial charge is 0.259 e. The molecule has 0 bridgehead atoms. The fourth-order valence-corrected chi connectivity index (χ4v) is 3.05. The lowest BCUT2D eigenvalue weighted by atomic mass is 10.2. The van der Waals surface area contributed by atoms with Gasteiger partial charge in [-0.3, -0.25) is 4.79 Å². The van der Waals surface area contributed by atoms with E-state index in [1.165, 1.54) is 0 Å². The number of methoxy groups -OCH3 is 1. The van der Waals surface area contributed by atoms with Crippen molar-refractivity contribution in [2.24, 2.45) is 0 Å². The van der Waals surface area contributed by atoms with Crippen molar-refractivity contribution in [2.45, 2.75) is 19.8 Å². The number of hydrogen-bond donors (Lipinski definition) is 1. The molecular weight excluding hydrogens is 399 g/mol. The van der Waals surface area contributed by atoms with Crippen LogP contribution in [-0.4, -0.2) is 23.7 Å². The maximum atomic E-state index is 12.3. The number of hydrogen-bond acceptors (Lipinski definition) is 4. The fourth-order valence-electron chi connectivity index (χ4n) is 2.66. The number of benzene rings is 2. The van der Waals surface area contributed by atoms with E-state index in [1.54, 1.807) is 31.4 Å². The number of nitrogens with zero attached hydrogens (tertiary/aromatic N) is 1. The van der Waals surface area contributed by atoms with Gasteiger partial charge in [-0.05, 0) is 48.4 Å². The summed E-state index contributed by atoms with van der Waals surface area (Å²) in [6, 6.07) is 10.5. The van der Waals surface area contributed by atoms with Crippen LogP contribution in [0.3, 0.4) is 0 Å². The summed E-state index contributed by atoms with van der Waals surface area (Å²) in [4.78, 5) is 19.4. The van der Waals surface area contributed by atoms with Crippen molar-refractivity contribution in [2.75, 3.05) is 13.7 Å². The Morgan fingerprint density at radius 2 is 2.04 bits per heavy atom. The van der Waals surface area contributed by atoms with E-state index in [0.29, 0.717) is 39.1 Å². The van der Waals surface area contributed by atoms with Crippen molar-refractivity contribution in [1.29, 1.82) is 0 Å². The summed E-state index contributed by atoms with van der Waals surface area (Å²) in [6.07, 6.45) is 3.74. The van der Waals surface area contributed by atoms with Gasteiger partial charge in [0.05, 0.1) is 29.7 Å². The number of H-pyrrole nitrogens is 1. The van der Waals surface area contributed by atoms with Crippen molar-refractivity contribution in [1.82, 2.24) is 9.97 Å². The highest BCUT2D eigenvalue weighted by atomic mass is 35.5. The Labute approximate surface area is 172 Å². The first-order valence-corrected chi connectivity index (χ1v) is 9.65. The summed E-state index contributed by atoms with van der Waals surface area (Å²) in [6.45, 7) is 2.74. The second kappa shape index (κ2) is 9.13. The molecule has 0 amide bonds. The monoisotopic (exact) mass is 418 g/mol. The molecule has 0 saturated heterocycles. The minimum atomic E-state index is -0.300. The van der Waals surface area contributed by atoms with Gasteiger partial charge in [0.2, 0.25) is 0 Å². The molecule has 1 heterocycles. The molecule has 1 aromatic heterocycles. The van der Waals surface area contributed by atoms with Crippen LogP contribution in [0.1, 0.15) is 31.2 Å². The molecule has 0 fully saturated rings. The maximum Gasteiger partial charge on any atom is 0.259 e. The molecule has 5 nitrogen and oxygen atoms in total. The second-order valence-electron chi connectivity index (χ2n) is 6.18. The summed E-state index contributed by atoms with van der Waals surface area (Å²) < 4.78 is 11.1. The number of fused-ring (bicyclic) bond motifs is 1. The van der Waals surface area contributed by atoms with Gasteiger partial charge in [0, 0.05) is 5.02 Å². The SMILES string of the molecule is CCCCOc1ccc(/C=C(\Cl)c2nc3ccc(Cl)cc3c(=O)[nH]2)cc1OC. The number of halogens is 2. The zero-order valence-electron chi connectivity index (χ0n) is 15.6. The van der Waals surface area contributed by atoms with E-state index in [2.05, 4.69) is 16.9 Å². The number of ether oxygens (including phenoxy) is 2. The summed E-state index contributed by atoms with van der Waals surface area (Å²) in [5.74, 6) is 1.57. The normalized spacial score (nSPS) is 11.6. The van der Waals surface area contributed by atoms with Gasteiger partial charge >= 0.3 is 0 Å². The molecule has 0 aliphatic rings. The van der Waals surface area contributed by atoms with Gasteiger partial charge in [0.1, 0.15) is 0 Å². The number of aromatic amines is 1. The lowest BCUT2D eigenvalue weighted by Gasteiger charge is -2.11. The molecule has 0 unspecified atom stereocenters. The van der Waals surface area contributed by atoms with Crippen molar-refractivity contribution in [3.63, 3.8) is 0 Å². The Morgan fingerprint density at radius 3 is 2.79 bits per heavy atom. The van der Waals surface area contributed by atoms with Gasteiger partial charge < -0.3 is 14.5 Å². The molecule has 7 heteroatoms. The van der Waals surface area contributed by atoms with Gasteiger partial charge in [-0.1, -0.05) is 42.6 Å². The lowest BCUT2D eigenvalue weighted by molar-refractivity contribution is 0.288. The van der Waals surface area contributed by atoms with Crippen molar-refractivity contribution >= 4 is 45.2 Å². The Morgan fingerprint density at radius 1 is 1.21 bits per heavy atom. The van der Waals surface area contributed by atoms with Crippen LogP contribution in [0.4, 0.5) is 0 Å². The number of unbranched alkanes of at least 4 members (excludes halogenated alkanes) is 1. The number of nitrogens with one attached hydrogen (secondary N) is 1. The largest absolute Gasteiger partial charge is 0.493 e. The van der Waals surface area contributed by atoms with E-state index in [0.717, 1.165) is 18.4 Å². The molecule has 28 heavy (non-hydrogen) atoms. The molecule has 0 aliphatic carbocycles. The number of aromatic nitrogens is 2. The maximum absolute atomic E-state index is 12.3. The predicted molar refractivity (Wildman–Crippen MR) is 114 cm³/mol. The average molecular weight is 419 g/mol.